The van der Waals surface area contributed by atoms with Crippen molar-refractivity contribution in [3.63, 3.8) is 0 Å². The number of amides is 1. The average Bonchev–Trinajstić information content (AvgIpc) is 3.57. The van der Waals surface area contributed by atoms with Crippen LogP contribution in [-0.2, 0) is 5.54 Å². The summed E-state index contributed by atoms with van der Waals surface area (Å²) in [6.07, 6.45) is 6.81. The lowest BCUT2D eigenvalue weighted by atomic mass is 9.96. The molecular weight excluding hydrogens is 402 g/mol. The number of hydrogen-bond donors (Lipinski definition) is 1. The molecular formula is C26H31N3O3. The van der Waals surface area contributed by atoms with E-state index in [1.54, 1.807) is 26.5 Å². The smallest absolute Gasteiger partial charge is 0.252 e. The molecule has 3 aromatic rings. The van der Waals surface area contributed by atoms with Gasteiger partial charge in [-0.1, -0.05) is 6.07 Å². The quantitative estimate of drug-likeness (QED) is 0.650. The molecule has 1 aromatic heterocycles. The molecule has 0 radical (unpaired) electrons. The Morgan fingerprint density at radius 2 is 1.78 bits per heavy atom. The van der Waals surface area contributed by atoms with E-state index in [0.717, 1.165) is 40.5 Å². The fourth-order valence-corrected chi connectivity index (χ4v) is 4.01. The van der Waals surface area contributed by atoms with Gasteiger partial charge in [0.15, 0.2) is 0 Å². The van der Waals surface area contributed by atoms with E-state index in [1.807, 2.05) is 43.5 Å². The molecule has 1 aliphatic heterocycles. The number of ether oxygens (including phenoxy) is 2. The minimum atomic E-state index is -0.374. The number of carbonyl (C=O) groups is 1. The minimum Gasteiger partial charge on any atom is -0.497 e. The predicted octanol–water partition coefficient (Wildman–Crippen LogP) is 4.30. The van der Waals surface area contributed by atoms with Crippen molar-refractivity contribution in [1.82, 2.24) is 15.2 Å². The highest BCUT2D eigenvalue weighted by Crippen LogP contribution is 2.49. The monoisotopic (exact) mass is 433 g/mol. The zero-order valence-electron chi connectivity index (χ0n) is 19.3. The second-order valence-corrected chi connectivity index (χ2v) is 8.65. The number of benzene rings is 2. The van der Waals surface area contributed by atoms with Crippen molar-refractivity contribution >= 4 is 16.7 Å². The first-order valence-electron chi connectivity index (χ1n) is 11.0. The Bertz CT molecular complexity index is 1120. The number of methoxy groups -OCH3 is 2. The van der Waals surface area contributed by atoms with Gasteiger partial charge in [0.1, 0.15) is 11.5 Å². The Morgan fingerprint density at radius 3 is 2.38 bits per heavy atom. The van der Waals surface area contributed by atoms with E-state index in [4.69, 9.17) is 9.47 Å². The number of rotatable bonds is 5. The number of likely N-dealkylation sites (tertiary alicyclic amines) is 1. The van der Waals surface area contributed by atoms with Crippen LogP contribution >= 0.6 is 0 Å². The SMILES string of the molecule is CN1CCC1.COc1ccc(C)c(C(=O)NC2(c3cc(OC)cc4cnccc34)CC2)c1. The molecule has 1 N–H and O–H groups in total. The number of hydrogen-bond acceptors (Lipinski definition) is 5. The Hall–Kier alpha value is -3.12. The fraction of sp³-hybridized carbons (Fsp3) is 0.385. The van der Waals surface area contributed by atoms with Crippen molar-refractivity contribution in [2.45, 2.75) is 31.7 Å². The molecule has 0 unspecified atom stereocenters. The summed E-state index contributed by atoms with van der Waals surface area (Å²) in [5.41, 5.74) is 2.26. The van der Waals surface area contributed by atoms with E-state index >= 15 is 0 Å². The van der Waals surface area contributed by atoms with Gasteiger partial charge in [0.05, 0.1) is 19.8 Å². The van der Waals surface area contributed by atoms with E-state index in [2.05, 4.69) is 22.2 Å². The molecule has 1 aliphatic carbocycles. The van der Waals surface area contributed by atoms with Gasteiger partial charge in [0.2, 0.25) is 0 Å². The molecule has 1 saturated carbocycles. The number of fused-ring (bicyclic) bond motifs is 1. The lowest BCUT2D eigenvalue weighted by Crippen LogP contribution is -2.35. The van der Waals surface area contributed by atoms with Crippen LogP contribution in [0.2, 0.25) is 0 Å². The normalized spacial score (nSPS) is 16.4. The molecule has 2 aliphatic rings. The van der Waals surface area contributed by atoms with Crippen LogP contribution in [0.3, 0.4) is 0 Å². The van der Waals surface area contributed by atoms with Gasteiger partial charge in [-0.05, 0) is 93.2 Å². The third-order valence-corrected chi connectivity index (χ3v) is 6.35. The molecule has 1 amide bonds. The van der Waals surface area contributed by atoms with Crippen LogP contribution in [0.15, 0.2) is 48.8 Å². The predicted molar refractivity (Wildman–Crippen MR) is 127 cm³/mol. The van der Waals surface area contributed by atoms with Crippen molar-refractivity contribution in [3.8, 4) is 11.5 Å². The van der Waals surface area contributed by atoms with Crippen LogP contribution in [0.25, 0.3) is 10.8 Å². The number of carbonyl (C=O) groups excluding carboxylic acids is 1. The molecule has 2 heterocycles. The van der Waals surface area contributed by atoms with E-state index in [9.17, 15) is 4.79 Å². The summed E-state index contributed by atoms with van der Waals surface area (Å²) in [5.74, 6) is 1.35. The Kier molecular flexibility index (Phi) is 6.33. The van der Waals surface area contributed by atoms with Crippen LogP contribution < -0.4 is 14.8 Å². The number of nitrogens with one attached hydrogen (secondary N) is 1. The maximum atomic E-state index is 13.0. The van der Waals surface area contributed by atoms with Gasteiger partial charge in [0, 0.05) is 23.3 Å². The van der Waals surface area contributed by atoms with E-state index in [1.165, 1.54) is 19.5 Å². The second kappa shape index (κ2) is 9.17. The molecule has 6 heteroatoms. The van der Waals surface area contributed by atoms with Crippen molar-refractivity contribution in [2.24, 2.45) is 0 Å². The summed E-state index contributed by atoms with van der Waals surface area (Å²) in [7, 11) is 5.40. The highest BCUT2D eigenvalue weighted by Gasteiger charge is 2.47. The van der Waals surface area contributed by atoms with Crippen LogP contribution in [0.1, 0.15) is 40.7 Å². The van der Waals surface area contributed by atoms with Gasteiger partial charge in [-0.15, -0.1) is 0 Å². The number of aryl methyl sites for hydroxylation is 1. The first-order valence-corrected chi connectivity index (χ1v) is 11.0. The lowest BCUT2D eigenvalue weighted by Gasteiger charge is -2.24. The molecule has 2 fully saturated rings. The van der Waals surface area contributed by atoms with Gasteiger partial charge in [-0.25, -0.2) is 0 Å². The van der Waals surface area contributed by atoms with Crippen molar-refractivity contribution in [1.29, 1.82) is 0 Å². The molecule has 0 atom stereocenters. The largest absolute Gasteiger partial charge is 0.497 e. The Morgan fingerprint density at radius 1 is 1.06 bits per heavy atom. The fourth-order valence-electron chi connectivity index (χ4n) is 4.01. The third-order valence-electron chi connectivity index (χ3n) is 6.35. The van der Waals surface area contributed by atoms with Crippen molar-refractivity contribution in [3.05, 3.63) is 65.5 Å². The zero-order chi connectivity index (χ0) is 22.7. The highest BCUT2D eigenvalue weighted by molar-refractivity contribution is 5.97. The van der Waals surface area contributed by atoms with Crippen LogP contribution in [0.4, 0.5) is 0 Å². The van der Waals surface area contributed by atoms with E-state index < -0.39 is 0 Å². The van der Waals surface area contributed by atoms with Gasteiger partial charge in [-0.2, -0.15) is 0 Å². The zero-order valence-corrected chi connectivity index (χ0v) is 19.3. The van der Waals surface area contributed by atoms with Crippen molar-refractivity contribution < 1.29 is 14.3 Å². The second-order valence-electron chi connectivity index (χ2n) is 8.65. The maximum Gasteiger partial charge on any atom is 0.252 e. The summed E-state index contributed by atoms with van der Waals surface area (Å²) < 4.78 is 10.7. The molecule has 0 spiro atoms. The van der Waals surface area contributed by atoms with Crippen LogP contribution in [0, 0.1) is 6.92 Å². The van der Waals surface area contributed by atoms with Gasteiger partial charge >= 0.3 is 0 Å². The molecule has 1 saturated heterocycles. The molecule has 168 valence electrons. The molecule has 0 bridgehead atoms. The standard InChI is InChI=1S/C22H22N2O3.C4H9N/c1-14-4-5-16(26-2)11-19(14)21(25)24-22(7-8-22)20-12-17(27-3)10-15-13-23-9-6-18(15)20;1-5-3-2-4-5/h4-6,9-13H,7-8H2,1-3H3,(H,24,25);2-4H2,1H3. The van der Waals surface area contributed by atoms with Gasteiger partial charge < -0.3 is 19.7 Å². The third kappa shape index (κ3) is 4.55. The summed E-state index contributed by atoms with van der Waals surface area (Å²) >= 11 is 0. The summed E-state index contributed by atoms with van der Waals surface area (Å²) in [6.45, 7) is 4.57. The van der Waals surface area contributed by atoms with Crippen LogP contribution in [0.5, 0.6) is 11.5 Å². The summed E-state index contributed by atoms with van der Waals surface area (Å²) in [6, 6.07) is 11.5. The van der Waals surface area contributed by atoms with E-state index in [-0.39, 0.29) is 11.4 Å². The first kappa shape index (κ1) is 22.1. The van der Waals surface area contributed by atoms with Gasteiger partial charge in [0.25, 0.3) is 5.91 Å². The lowest BCUT2D eigenvalue weighted by molar-refractivity contribution is 0.0930. The number of aromatic nitrogens is 1. The molecule has 32 heavy (non-hydrogen) atoms. The first-order chi connectivity index (χ1) is 15.5. The highest BCUT2D eigenvalue weighted by atomic mass is 16.5. The number of nitrogens with zero attached hydrogens (tertiary/aromatic N) is 2. The van der Waals surface area contributed by atoms with Crippen LogP contribution in [-0.4, -0.2) is 50.1 Å². The average molecular weight is 434 g/mol. The van der Waals surface area contributed by atoms with Gasteiger partial charge in [-0.3, -0.25) is 9.78 Å². The molecule has 5 rings (SSSR count). The summed E-state index contributed by atoms with van der Waals surface area (Å²) in [4.78, 5) is 19.6. The maximum absolute atomic E-state index is 13.0. The molecule has 2 aromatic carbocycles. The Labute approximate surface area is 189 Å². The van der Waals surface area contributed by atoms with E-state index in [0.29, 0.717) is 11.3 Å². The topological polar surface area (TPSA) is 63.7 Å². The summed E-state index contributed by atoms with van der Waals surface area (Å²) in [5, 5.41) is 5.36. The molecule has 6 nitrogen and oxygen atoms in total. The van der Waals surface area contributed by atoms with Crippen molar-refractivity contribution in [2.75, 3.05) is 34.4 Å². The number of pyridine rings is 1. The Balaban J connectivity index is 0.000000433. The minimum absolute atomic E-state index is 0.0890.